The van der Waals surface area contributed by atoms with Crippen LogP contribution in [0.4, 0.5) is 0 Å². The topological polar surface area (TPSA) is 66.8 Å². The van der Waals surface area contributed by atoms with E-state index in [0.717, 1.165) is 11.1 Å². The van der Waals surface area contributed by atoms with Crippen molar-refractivity contribution in [3.63, 3.8) is 0 Å². The molecule has 0 radical (unpaired) electrons. The number of rotatable bonds is 7. The second-order valence-electron chi connectivity index (χ2n) is 5.99. The summed E-state index contributed by atoms with van der Waals surface area (Å²) in [4.78, 5) is 11.7. The average Bonchev–Trinajstić information content (AvgIpc) is 2.59. The van der Waals surface area contributed by atoms with Gasteiger partial charge in [0.25, 0.3) is 0 Å². The highest BCUT2D eigenvalue weighted by atomic mass is 35.5. The molecule has 0 aliphatic carbocycles. The monoisotopic (exact) mass is 372 g/mol. The molecule has 0 aliphatic heterocycles. The van der Waals surface area contributed by atoms with Crippen LogP contribution in [-0.2, 0) is 6.42 Å². The lowest BCUT2D eigenvalue weighted by atomic mass is 9.96. The van der Waals surface area contributed by atoms with Gasteiger partial charge in [0.1, 0.15) is 17.1 Å². The fourth-order valence-electron chi connectivity index (χ4n) is 2.61. The first kappa shape index (κ1) is 19.6. The van der Waals surface area contributed by atoms with Gasteiger partial charge in [-0.2, -0.15) is 0 Å². The largest absolute Gasteiger partial charge is 0.507 e. The quantitative estimate of drug-likeness (QED) is 0.502. The van der Waals surface area contributed by atoms with Crippen molar-refractivity contribution in [3.8, 4) is 11.5 Å². The molecular weight excluding hydrogens is 352 g/mol. The maximum Gasteiger partial charge on any atom is 0.340 e. The molecule has 2 aromatic rings. The van der Waals surface area contributed by atoms with Gasteiger partial charge in [0.15, 0.2) is 0 Å². The third kappa shape index (κ3) is 4.46. The molecule has 0 unspecified atom stereocenters. The number of aromatic hydroxyl groups is 1. The van der Waals surface area contributed by atoms with Crippen LogP contribution in [0, 0.1) is 0 Å². The van der Waals surface area contributed by atoms with Crippen LogP contribution < -0.4 is 4.74 Å². The van der Waals surface area contributed by atoms with Gasteiger partial charge in [-0.05, 0) is 43.0 Å². The summed E-state index contributed by atoms with van der Waals surface area (Å²) in [6.07, 6.45) is 4.38. The van der Waals surface area contributed by atoms with E-state index in [-0.39, 0.29) is 11.3 Å². The Hall–Kier alpha value is -2.72. The van der Waals surface area contributed by atoms with E-state index in [1.807, 2.05) is 25.1 Å². The number of hydrogen-bond donors (Lipinski definition) is 2. The lowest BCUT2D eigenvalue weighted by Gasteiger charge is -2.15. The molecule has 136 valence electrons. The molecule has 0 aliphatic rings. The normalized spacial score (nSPS) is 10.9. The van der Waals surface area contributed by atoms with Crippen LogP contribution in [0.25, 0.3) is 12.2 Å². The molecule has 0 fully saturated rings. The van der Waals surface area contributed by atoms with E-state index in [1.54, 1.807) is 24.3 Å². The third-order valence-electron chi connectivity index (χ3n) is 3.98. The van der Waals surface area contributed by atoms with Crippen LogP contribution in [0.2, 0.25) is 5.02 Å². The molecule has 2 rings (SSSR count). The smallest absolute Gasteiger partial charge is 0.340 e. The predicted octanol–water partition coefficient (Wildman–Crippen LogP) is 5.43. The SMILES string of the molecule is C=C(C)CCc1c(OC)cc(C=Cc2ccccc2Cl)c(C(=O)O)c1O. The number of phenols is 1. The summed E-state index contributed by atoms with van der Waals surface area (Å²) in [7, 11) is 1.49. The highest BCUT2D eigenvalue weighted by Gasteiger charge is 2.21. The van der Waals surface area contributed by atoms with Crippen LogP contribution in [-0.4, -0.2) is 23.3 Å². The molecule has 0 spiro atoms. The fraction of sp³-hybridized carbons (Fsp3) is 0.190. The molecule has 0 bridgehead atoms. The zero-order valence-electron chi connectivity index (χ0n) is 14.8. The van der Waals surface area contributed by atoms with Gasteiger partial charge in [-0.15, -0.1) is 6.58 Å². The first-order valence-corrected chi connectivity index (χ1v) is 8.46. The number of aromatic carboxylic acids is 1. The maximum atomic E-state index is 11.7. The number of carboxylic acids is 1. The van der Waals surface area contributed by atoms with Crippen molar-refractivity contribution in [1.29, 1.82) is 0 Å². The summed E-state index contributed by atoms with van der Waals surface area (Å²) in [6.45, 7) is 5.72. The number of hydrogen-bond acceptors (Lipinski definition) is 3. The van der Waals surface area contributed by atoms with Crippen LogP contribution >= 0.6 is 11.6 Å². The Kier molecular flexibility index (Phi) is 6.47. The lowest BCUT2D eigenvalue weighted by molar-refractivity contribution is 0.0693. The number of carbonyl (C=O) groups is 1. The number of carboxylic acid groups (broad SMARTS) is 1. The van der Waals surface area contributed by atoms with Crippen LogP contribution in [0.1, 0.15) is 40.4 Å². The van der Waals surface area contributed by atoms with Crippen molar-refractivity contribution in [1.82, 2.24) is 0 Å². The summed E-state index contributed by atoms with van der Waals surface area (Å²) in [5.41, 5.74) is 2.32. The third-order valence-corrected chi connectivity index (χ3v) is 4.32. The summed E-state index contributed by atoms with van der Waals surface area (Å²) >= 11 is 6.13. The van der Waals surface area contributed by atoms with Gasteiger partial charge in [0.05, 0.1) is 7.11 Å². The van der Waals surface area contributed by atoms with Crippen LogP contribution in [0.15, 0.2) is 42.5 Å². The minimum atomic E-state index is -1.21. The molecule has 0 aromatic heterocycles. The number of allylic oxidation sites excluding steroid dienone is 1. The maximum absolute atomic E-state index is 11.7. The number of methoxy groups -OCH3 is 1. The Morgan fingerprint density at radius 3 is 2.50 bits per heavy atom. The van der Waals surface area contributed by atoms with E-state index in [1.165, 1.54) is 7.11 Å². The van der Waals surface area contributed by atoms with Crippen LogP contribution in [0.5, 0.6) is 11.5 Å². The Morgan fingerprint density at radius 1 is 1.27 bits per heavy atom. The Morgan fingerprint density at radius 2 is 1.92 bits per heavy atom. The highest BCUT2D eigenvalue weighted by Crippen LogP contribution is 2.37. The van der Waals surface area contributed by atoms with Crippen LogP contribution in [0.3, 0.4) is 0 Å². The van der Waals surface area contributed by atoms with Gasteiger partial charge in [-0.1, -0.05) is 47.5 Å². The average molecular weight is 373 g/mol. The first-order chi connectivity index (χ1) is 12.3. The molecule has 0 amide bonds. The molecule has 0 saturated carbocycles. The molecule has 0 heterocycles. The first-order valence-electron chi connectivity index (χ1n) is 8.08. The van der Waals surface area contributed by atoms with Crippen molar-refractivity contribution >= 4 is 29.7 Å². The summed E-state index contributed by atoms with van der Waals surface area (Å²) in [5.74, 6) is -1.05. The fourth-order valence-corrected chi connectivity index (χ4v) is 2.81. The van der Waals surface area contributed by atoms with Crippen molar-refractivity contribution in [3.05, 3.63) is 69.8 Å². The van der Waals surface area contributed by atoms with Crippen molar-refractivity contribution in [2.45, 2.75) is 19.8 Å². The van der Waals surface area contributed by atoms with E-state index < -0.39 is 5.97 Å². The number of ether oxygens (including phenoxy) is 1. The molecule has 5 heteroatoms. The second-order valence-corrected chi connectivity index (χ2v) is 6.39. The Labute approximate surface area is 158 Å². The molecule has 0 atom stereocenters. The predicted molar refractivity (Wildman–Crippen MR) is 105 cm³/mol. The molecule has 26 heavy (non-hydrogen) atoms. The van der Waals surface area contributed by atoms with E-state index in [9.17, 15) is 15.0 Å². The highest BCUT2D eigenvalue weighted by molar-refractivity contribution is 6.32. The van der Waals surface area contributed by atoms with Gasteiger partial charge in [-0.25, -0.2) is 4.79 Å². The Balaban J connectivity index is 2.55. The standard InChI is InChI=1S/C21H21ClO4/c1-13(2)8-11-16-18(26-3)12-15(19(20(16)23)21(24)25)10-9-14-6-4-5-7-17(14)22/h4-7,9-10,12,23H,1,8,11H2,2-3H3,(H,24,25). The van der Waals surface area contributed by atoms with E-state index >= 15 is 0 Å². The molecule has 2 N–H and O–H groups in total. The zero-order valence-corrected chi connectivity index (χ0v) is 15.5. The molecule has 4 nitrogen and oxygen atoms in total. The summed E-state index contributed by atoms with van der Waals surface area (Å²) in [5, 5.41) is 20.7. The van der Waals surface area contributed by atoms with E-state index in [0.29, 0.717) is 34.7 Å². The zero-order chi connectivity index (χ0) is 19.3. The minimum absolute atomic E-state index is 0.161. The molecule has 0 saturated heterocycles. The molecule has 2 aromatic carbocycles. The van der Waals surface area contributed by atoms with E-state index in [2.05, 4.69) is 6.58 Å². The number of benzene rings is 2. The van der Waals surface area contributed by atoms with Gasteiger partial charge >= 0.3 is 5.97 Å². The van der Waals surface area contributed by atoms with Gasteiger partial charge < -0.3 is 14.9 Å². The lowest BCUT2D eigenvalue weighted by Crippen LogP contribution is -2.05. The van der Waals surface area contributed by atoms with E-state index in [4.69, 9.17) is 16.3 Å². The van der Waals surface area contributed by atoms with Crippen molar-refractivity contribution < 1.29 is 19.7 Å². The minimum Gasteiger partial charge on any atom is -0.507 e. The second kappa shape index (κ2) is 8.59. The van der Waals surface area contributed by atoms with Gasteiger partial charge in [-0.3, -0.25) is 0 Å². The summed E-state index contributed by atoms with van der Waals surface area (Å²) in [6, 6.07) is 8.83. The van der Waals surface area contributed by atoms with Crippen molar-refractivity contribution in [2.75, 3.05) is 7.11 Å². The van der Waals surface area contributed by atoms with Gasteiger partial charge in [0.2, 0.25) is 0 Å². The summed E-state index contributed by atoms with van der Waals surface area (Å²) < 4.78 is 5.37. The van der Waals surface area contributed by atoms with Gasteiger partial charge in [0, 0.05) is 10.6 Å². The van der Waals surface area contributed by atoms with Crippen molar-refractivity contribution in [2.24, 2.45) is 0 Å². The number of halogens is 1. The molecular formula is C21H21ClO4. The Bertz CT molecular complexity index is 869.